The molecule has 0 amide bonds. The summed E-state index contributed by atoms with van der Waals surface area (Å²) in [4.78, 5) is 8.18. The molecule has 0 saturated carbocycles. The van der Waals surface area contributed by atoms with Crippen molar-refractivity contribution in [1.82, 2.24) is 14.5 Å². The normalized spacial score (nSPS) is 10.4. The lowest BCUT2D eigenvalue weighted by Gasteiger charge is -2.07. The summed E-state index contributed by atoms with van der Waals surface area (Å²) in [6, 6.07) is 1.88. The summed E-state index contributed by atoms with van der Waals surface area (Å²) in [6.45, 7) is 2.06. The van der Waals surface area contributed by atoms with Crippen LogP contribution in [0.25, 0.3) is 5.69 Å². The Morgan fingerprint density at radius 3 is 3.00 bits per heavy atom. The highest BCUT2D eigenvalue weighted by atomic mass is 35.5. The predicted octanol–water partition coefficient (Wildman–Crippen LogP) is 2.48. The number of nitrogens with zero attached hydrogens (tertiary/aromatic N) is 3. The van der Waals surface area contributed by atoms with Crippen molar-refractivity contribution in [2.45, 2.75) is 13.3 Å². The van der Waals surface area contributed by atoms with Gasteiger partial charge in [0.1, 0.15) is 5.82 Å². The molecular formula is C10H10ClN3. The summed E-state index contributed by atoms with van der Waals surface area (Å²) in [7, 11) is 0. The van der Waals surface area contributed by atoms with E-state index in [1.807, 2.05) is 16.8 Å². The van der Waals surface area contributed by atoms with E-state index in [1.165, 1.54) is 0 Å². The van der Waals surface area contributed by atoms with Crippen LogP contribution in [0.5, 0.6) is 0 Å². The topological polar surface area (TPSA) is 30.7 Å². The van der Waals surface area contributed by atoms with E-state index in [4.69, 9.17) is 11.6 Å². The van der Waals surface area contributed by atoms with Crippen LogP contribution < -0.4 is 0 Å². The van der Waals surface area contributed by atoms with Crippen LogP contribution in [0.2, 0.25) is 5.02 Å². The average molecular weight is 208 g/mol. The van der Waals surface area contributed by atoms with E-state index >= 15 is 0 Å². The molecule has 0 spiro atoms. The Bertz CT molecular complexity index is 436. The number of pyridine rings is 1. The molecule has 0 aromatic carbocycles. The summed E-state index contributed by atoms with van der Waals surface area (Å²) in [5.74, 6) is 0.998. The maximum absolute atomic E-state index is 6.03. The van der Waals surface area contributed by atoms with Crippen molar-refractivity contribution in [2.24, 2.45) is 0 Å². The zero-order valence-electron chi connectivity index (χ0n) is 7.81. The fraction of sp³-hybridized carbons (Fsp3) is 0.200. The van der Waals surface area contributed by atoms with Gasteiger partial charge in [-0.3, -0.25) is 4.98 Å². The van der Waals surface area contributed by atoms with Gasteiger partial charge in [0.2, 0.25) is 0 Å². The van der Waals surface area contributed by atoms with Gasteiger partial charge < -0.3 is 4.57 Å². The number of aromatic nitrogens is 3. The van der Waals surface area contributed by atoms with E-state index in [0.717, 1.165) is 17.9 Å². The Labute approximate surface area is 87.4 Å². The highest BCUT2D eigenvalue weighted by Gasteiger charge is 2.05. The Morgan fingerprint density at radius 1 is 1.43 bits per heavy atom. The van der Waals surface area contributed by atoms with Crippen molar-refractivity contribution in [3.63, 3.8) is 0 Å². The first kappa shape index (κ1) is 9.21. The third kappa shape index (κ3) is 1.51. The van der Waals surface area contributed by atoms with Crippen molar-refractivity contribution in [1.29, 1.82) is 0 Å². The molecule has 0 atom stereocenters. The lowest BCUT2D eigenvalue weighted by Crippen LogP contribution is -1.99. The standard InChI is InChI=1S/C10H10ClN3/c1-2-10-13-5-6-14(10)9-3-4-12-7-8(9)11/h3-7H,2H2,1H3. The molecule has 0 radical (unpaired) electrons. The van der Waals surface area contributed by atoms with E-state index in [0.29, 0.717) is 5.02 Å². The Hall–Kier alpha value is -1.35. The van der Waals surface area contributed by atoms with E-state index in [2.05, 4.69) is 16.9 Å². The summed E-state index contributed by atoms with van der Waals surface area (Å²) >= 11 is 6.03. The third-order valence-corrected chi connectivity index (χ3v) is 2.34. The van der Waals surface area contributed by atoms with Gasteiger partial charge in [-0.15, -0.1) is 0 Å². The molecular weight excluding hydrogens is 198 g/mol. The second-order valence-electron chi connectivity index (χ2n) is 2.89. The third-order valence-electron chi connectivity index (χ3n) is 2.04. The number of rotatable bonds is 2. The lowest BCUT2D eigenvalue weighted by molar-refractivity contribution is 0.889. The minimum Gasteiger partial charge on any atom is -0.302 e. The van der Waals surface area contributed by atoms with Gasteiger partial charge in [-0.25, -0.2) is 4.98 Å². The molecule has 72 valence electrons. The molecule has 14 heavy (non-hydrogen) atoms. The minimum atomic E-state index is 0.639. The number of aryl methyl sites for hydroxylation is 1. The zero-order valence-corrected chi connectivity index (χ0v) is 8.57. The van der Waals surface area contributed by atoms with Gasteiger partial charge in [0.15, 0.2) is 0 Å². The molecule has 2 aromatic heterocycles. The molecule has 3 nitrogen and oxygen atoms in total. The SMILES string of the molecule is CCc1nccn1-c1ccncc1Cl. The maximum Gasteiger partial charge on any atom is 0.112 e. The lowest BCUT2D eigenvalue weighted by atomic mass is 10.3. The molecule has 2 rings (SSSR count). The van der Waals surface area contributed by atoms with Crippen molar-refractivity contribution in [3.8, 4) is 5.69 Å². The van der Waals surface area contributed by atoms with Gasteiger partial charge in [0, 0.05) is 31.2 Å². The molecule has 2 heterocycles. The highest BCUT2D eigenvalue weighted by molar-refractivity contribution is 6.32. The molecule has 0 N–H and O–H groups in total. The van der Waals surface area contributed by atoms with E-state index in [1.54, 1.807) is 18.6 Å². The second-order valence-corrected chi connectivity index (χ2v) is 3.30. The Morgan fingerprint density at radius 2 is 2.29 bits per heavy atom. The molecule has 0 aliphatic rings. The predicted molar refractivity (Wildman–Crippen MR) is 55.7 cm³/mol. The average Bonchev–Trinajstić information content (AvgIpc) is 2.66. The molecule has 0 fully saturated rings. The van der Waals surface area contributed by atoms with Crippen molar-refractivity contribution >= 4 is 11.6 Å². The summed E-state index contributed by atoms with van der Waals surface area (Å²) in [5.41, 5.74) is 0.927. The van der Waals surface area contributed by atoms with E-state index < -0.39 is 0 Å². The fourth-order valence-corrected chi connectivity index (χ4v) is 1.59. The number of hydrogen-bond donors (Lipinski definition) is 0. The van der Waals surface area contributed by atoms with Crippen LogP contribution in [0.15, 0.2) is 30.9 Å². The Balaban J connectivity index is 2.54. The fourth-order valence-electron chi connectivity index (χ4n) is 1.38. The number of imidazole rings is 1. The molecule has 0 saturated heterocycles. The first-order chi connectivity index (χ1) is 6.83. The van der Waals surface area contributed by atoms with Crippen LogP contribution in [0.1, 0.15) is 12.7 Å². The monoisotopic (exact) mass is 207 g/mol. The van der Waals surface area contributed by atoms with Gasteiger partial charge in [-0.2, -0.15) is 0 Å². The highest BCUT2D eigenvalue weighted by Crippen LogP contribution is 2.19. The van der Waals surface area contributed by atoms with Gasteiger partial charge in [-0.1, -0.05) is 18.5 Å². The van der Waals surface area contributed by atoms with Crippen LogP contribution in [-0.4, -0.2) is 14.5 Å². The first-order valence-electron chi connectivity index (χ1n) is 4.45. The van der Waals surface area contributed by atoms with E-state index in [9.17, 15) is 0 Å². The number of hydrogen-bond acceptors (Lipinski definition) is 2. The molecule has 2 aromatic rings. The second kappa shape index (κ2) is 3.80. The first-order valence-corrected chi connectivity index (χ1v) is 4.83. The molecule has 0 bridgehead atoms. The van der Waals surface area contributed by atoms with E-state index in [-0.39, 0.29) is 0 Å². The van der Waals surface area contributed by atoms with Gasteiger partial charge in [-0.05, 0) is 6.07 Å². The largest absolute Gasteiger partial charge is 0.302 e. The van der Waals surface area contributed by atoms with Crippen molar-refractivity contribution in [2.75, 3.05) is 0 Å². The van der Waals surface area contributed by atoms with Gasteiger partial charge in [0.05, 0.1) is 10.7 Å². The molecule has 0 aliphatic carbocycles. The van der Waals surface area contributed by atoms with Gasteiger partial charge >= 0.3 is 0 Å². The number of halogens is 1. The minimum absolute atomic E-state index is 0.639. The summed E-state index contributed by atoms with van der Waals surface area (Å²) in [5, 5.41) is 0.639. The maximum atomic E-state index is 6.03. The Kier molecular flexibility index (Phi) is 2.50. The van der Waals surface area contributed by atoms with Crippen molar-refractivity contribution in [3.05, 3.63) is 41.7 Å². The van der Waals surface area contributed by atoms with Crippen molar-refractivity contribution < 1.29 is 0 Å². The zero-order chi connectivity index (χ0) is 9.97. The molecule has 4 heteroatoms. The molecule has 0 unspecified atom stereocenters. The summed E-state index contributed by atoms with van der Waals surface area (Å²) in [6.07, 6.45) is 7.91. The van der Waals surface area contributed by atoms with Crippen LogP contribution in [0, 0.1) is 0 Å². The van der Waals surface area contributed by atoms with Crippen LogP contribution in [-0.2, 0) is 6.42 Å². The van der Waals surface area contributed by atoms with Crippen LogP contribution >= 0.6 is 11.6 Å². The van der Waals surface area contributed by atoms with Crippen LogP contribution in [0.3, 0.4) is 0 Å². The molecule has 0 aliphatic heterocycles. The quantitative estimate of drug-likeness (QED) is 0.758. The van der Waals surface area contributed by atoms with Gasteiger partial charge in [0.25, 0.3) is 0 Å². The smallest absolute Gasteiger partial charge is 0.112 e. The van der Waals surface area contributed by atoms with Crippen LogP contribution in [0.4, 0.5) is 0 Å². The summed E-state index contributed by atoms with van der Waals surface area (Å²) < 4.78 is 1.98.